The van der Waals surface area contributed by atoms with Gasteiger partial charge in [-0.3, -0.25) is 15.4 Å². The van der Waals surface area contributed by atoms with Crippen molar-refractivity contribution in [3.8, 4) is 11.4 Å². The highest BCUT2D eigenvalue weighted by Gasteiger charge is 2.28. The van der Waals surface area contributed by atoms with E-state index in [2.05, 4.69) is 56.0 Å². The Labute approximate surface area is 209 Å². The Bertz CT molecular complexity index is 1190. The van der Waals surface area contributed by atoms with Gasteiger partial charge in [0.15, 0.2) is 0 Å². The minimum atomic E-state index is 0.544. The van der Waals surface area contributed by atoms with E-state index in [0.29, 0.717) is 5.71 Å². The van der Waals surface area contributed by atoms with Gasteiger partial charge in [0.25, 0.3) is 0 Å². The summed E-state index contributed by atoms with van der Waals surface area (Å²) in [5.74, 6) is 0. The third kappa shape index (κ3) is 4.47. The summed E-state index contributed by atoms with van der Waals surface area (Å²) in [6.45, 7) is 6.26. The molecule has 0 spiro atoms. The number of pyridine rings is 2. The van der Waals surface area contributed by atoms with E-state index >= 15 is 0 Å². The Morgan fingerprint density at radius 1 is 0.676 bits per heavy atom. The summed E-state index contributed by atoms with van der Waals surface area (Å²) in [7, 11) is 0. The fourth-order valence-electron chi connectivity index (χ4n) is 4.83. The van der Waals surface area contributed by atoms with Crippen molar-refractivity contribution in [3.05, 3.63) is 66.0 Å². The van der Waals surface area contributed by atoms with Crippen LogP contribution in [0.5, 0.6) is 0 Å². The second kappa shape index (κ2) is 9.70. The molecule has 4 heterocycles. The van der Waals surface area contributed by atoms with E-state index in [-0.39, 0.29) is 0 Å². The van der Waals surface area contributed by atoms with Gasteiger partial charge in [-0.25, -0.2) is 8.61 Å². The molecule has 8 heteroatoms. The number of piperidine rings is 1. The van der Waals surface area contributed by atoms with Gasteiger partial charge in [-0.15, -0.1) is 0 Å². The monoisotopic (exact) mass is 488 g/mol. The quantitative estimate of drug-likeness (QED) is 0.388. The van der Waals surface area contributed by atoms with E-state index < -0.39 is 0 Å². The number of hydrogen-bond donors (Lipinski definition) is 1. The number of hydrogen-bond acceptors (Lipinski definition) is 8. The first-order valence-corrected chi connectivity index (χ1v) is 13.5. The molecular formula is C26H28N6S2. The number of nitrogens with zero attached hydrogens (tertiary/aromatic N) is 5. The first-order valence-electron chi connectivity index (χ1n) is 12.0. The summed E-state index contributed by atoms with van der Waals surface area (Å²) in [4.78, 5) is 14.1. The molecule has 6 nitrogen and oxygen atoms in total. The zero-order valence-corrected chi connectivity index (χ0v) is 20.7. The predicted octanol–water partition coefficient (Wildman–Crippen LogP) is 5.20. The lowest BCUT2D eigenvalue weighted by Gasteiger charge is -2.35. The lowest BCUT2D eigenvalue weighted by Crippen LogP contribution is -2.43. The number of para-hydroxylation sites is 1. The SMILES string of the molecule is N=C1c2cc(SN3CCCCC3)cnc2-c2ncc(SN3CCN(c4ccccc4)CC3)cc21. The smallest absolute Gasteiger partial charge is 0.0987 e. The molecule has 3 aliphatic rings. The largest absolute Gasteiger partial charge is 0.369 e. The molecule has 0 amide bonds. The van der Waals surface area contributed by atoms with Crippen LogP contribution in [0, 0.1) is 5.41 Å². The van der Waals surface area contributed by atoms with Crippen LogP contribution in [-0.4, -0.2) is 63.6 Å². The highest BCUT2D eigenvalue weighted by molar-refractivity contribution is 7.97. The summed E-state index contributed by atoms with van der Waals surface area (Å²) in [6, 6.07) is 14.9. The van der Waals surface area contributed by atoms with E-state index in [0.717, 1.165) is 71.6 Å². The molecule has 0 atom stereocenters. The Morgan fingerprint density at radius 3 is 1.82 bits per heavy atom. The minimum Gasteiger partial charge on any atom is -0.369 e. The van der Waals surface area contributed by atoms with Crippen molar-refractivity contribution in [1.82, 2.24) is 18.6 Å². The standard InChI is InChI=1S/C26H28N6S2/c27-24-22-15-20(33-31-9-5-2-6-10-31)17-28-25(22)26-23(24)16-21(18-29-26)34-32-13-11-30(12-14-32)19-7-3-1-4-8-19/h1,3-4,7-8,15-18,27H,2,5-6,9-14H2. The van der Waals surface area contributed by atoms with E-state index in [1.807, 2.05) is 12.4 Å². The molecule has 1 aliphatic carbocycles. The Balaban J connectivity index is 1.13. The van der Waals surface area contributed by atoms with Crippen molar-refractivity contribution in [3.63, 3.8) is 0 Å². The van der Waals surface area contributed by atoms with Gasteiger partial charge in [-0.2, -0.15) is 0 Å². The number of aromatic nitrogens is 2. The highest BCUT2D eigenvalue weighted by Crippen LogP contribution is 2.38. The molecule has 2 aliphatic heterocycles. The second-order valence-corrected chi connectivity index (χ2v) is 11.3. The van der Waals surface area contributed by atoms with Crippen LogP contribution in [-0.2, 0) is 0 Å². The zero-order chi connectivity index (χ0) is 22.9. The highest BCUT2D eigenvalue weighted by atomic mass is 32.2. The molecule has 1 aromatic carbocycles. The average molecular weight is 489 g/mol. The number of nitrogens with one attached hydrogen (secondary N) is 1. The average Bonchev–Trinajstić information content (AvgIpc) is 3.16. The molecule has 2 fully saturated rings. The fraction of sp³-hybridized carbons (Fsp3) is 0.346. The van der Waals surface area contributed by atoms with Crippen LogP contribution in [0.4, 0.5) is 5.69 Å². The van der Waals surface area contributed by atoms with Crippen LogP contribution < -0.4 is 4.90 Å². The van der Waals surface area contributed by atoms with E-state index in [1.54, 1.807) is 23.9 Å². The lowest BCUT2D eigenvalue weighted by atomic mass is 10.1. The molecule has 3 aromatic rings. The molecular weight excluding hydrogens is 460 g/mol. The van der Waals surface area contributed by atoms with Gasteiger partial charge < -0.3 is 4.90 Å². The predicted molar refractivity (Wildman–Crippen MR) is 141 cm³/mol. The van der Waals surface area contributed by atoms with Crippen LogP contribution in [0.3, 0.4) is 0 Å². The van der Waals surface area contributed by atoms with Gasteiger partial charge in [0.2, 0.25) is 0 Å². The maximum absolute atomic E-state index is 8.83. The summed E-state index contributed by atoms with van der Waals surface area (Å²) in [5.41, 5.74) is 5.33. The molecule has 2 saturated heterocycles. The third-order valence-electron chi connectivity index (χ3n) is 6.63. The zero-order valence-electron chi connectivity index (χ0n) is 19.1. The first kappa shape index (κ1) is 22.1. The molecule has 2 aromatic heterocycles. The van der Waals surface area contributed by atoms with Crippen LogP contribution in [0.15, 0.2) is 64.6 Å². The lowest BCUT2D eigenvalue weighted by molar-refractivity contribution is 0.380. The molecule has 0 unspecified atom stereocenters. The number of rotatable bonds is 5. The second-order valence-electron chi connectivity index (χ2n) is 8.93. The normalized spacial score (nSPS) is 18.7. The number of piperazine rings is 1. The van der Waals surface area contributed by atoms with Gasteiger partial charge in [-0.05, 0) is 61.0 Å². The Morgan fingerprint density at radius 2 is 1.24 bits per heavy atom. The van der Waals surface area contributed by atoms with Crippen molar-refractivity contribution >= 4 is 35.3 Å². The molecule has 0 radical (unpaired) electrons. The molecule has 1 N–H and O–H groups in total. The maximum Gasteiger partial charge on any atom is 0.0987 e. The number of benzene rings is 1. The number of fused-ring (bicyclic) bond motifs is 3. The van der Waals surface area contributed by atoms with Gasteiger partial charge in [-0.1, -0.05) is 24.6 Å². The van der Waals surface area contributed by atoms with Gasteiger partial charge >= 0.3 is 0 Å². The minimum absolute atomic E-state index is 0.544. The maximum atomic E-state index is 8.83. The van der Waals surface area contributed by atoms with Gasteiger partial charge in [0, 0.05) is 78.3 Å². The summed E-state index contributed by atoms with van der Waals surface area (Å²) < 4.78 is 4.82. The molecule has 174 valence electrons. The molecule has 6 rings (SSSR count). The number of anilines is 1. The van der Waals surface area contributed by atoms with Gasteiger partial charge in [0.05, 0.1) is 17.1 Å². The first-order chi connectivity index (χ1) is 16.7. The van der Waals surface area contributed by atoms with Crippen LogP contribution in [0.2, 0.25) is 0 Å². The third-order valence-corrected chi connectivity index (χ3v) is 8.75. The summed E-state index contributed by atoms with van der Waals surface area (Å²) >= 11 is 3.53. The van der Waals surface area contributed by atoms with Crippen molar-refractivity contribution in [2.75, 3.05) is 44.2 Å². The van der Waals surface area contributed by atoms with Crippen molar-refractivity contribution in [2.45, 2.75) is 29.1 Å². The molecule has 0 bridgehead atoms. The van der Waals surface area contributed by atoms with E-state index in [4.69, 9.17) is 15.4 Å². The van der Waals surface area contributed by atoms with Crippen LogP contribution >= 0.6 is 23.9 Å². The molecule has 0 saturated carbocycles. The van der Waals surface area contributed by atoms with Crippen molar-refractivity contribution in [2.24, 2.45) is 0 Å². The topological polar surface area (TPSA) is 59.4 Å². The van der Waals surface area contributed by atoms with E-state index in [9.17, 15) is 0 Å². The van der Waals surface area contributed by atoms with Crippen LogP contribution in [0.1, 0.15) is 30.4 Å². The van der Waals surface area contributed by atoms with E-state index in [1.165, 1.54) is 24.9 Å². The Hall–Kier alpha value is -2.39. The van der Waals surface area contributed by atoms with Crippen molar-refractivity contribution in [1.29, 1.82) is 5.41 Å². The summed E-state index contributed by atoms with van der Waals surface area (Å²) in [6.07, 6.45) is 7.73. The van der Waals surface area contributed by atoms with Crippen molar-refractivity contribution < 1.29 is 0 Å². The summed E-state index contributed by atoms with van der Waals surface area (Å²) in [5, 5.41) is 8.83. The Kier molecular flexibility index (Phi) is 6.30. The fourth-order valence-corrected chi connectivity index (χ4v) is 6.75. The van der Waals surface area contributed by atoms with Gasteiger partial charge in [0.1, 0.15) is 0 Å². The van der Waals surface area contributed by atoms with Crippen LogP contribution in [0.25, 0.3) is 11.4 Å². The molecule has 34 heavy (non-hydrogen) atoms.